The average Bonchev–Trinajstić information content (AvgIpc) is 2.18. The van der Waals surface area contributed by atoms with Crippen LogP contribution in [0.2, 0.25) is 0 Å². The van der Waals surface area contributed by atoms with E-state index in [0.29, 0.717) is 16.7 Å². The second-order valence-corrected chi connectivity index (χ2v) is 6.36. The Morgan fingerprint density at radius 3 is 1.71 bits per heavy atom. The van der Waals surface area contributed by atoms with Gasteiger partial charge in [-0.1, -0.05) is 20.8 Å². The van der Waals surface area contributed by atoms with Gasteiger partial charge in [-0.15, -0.1) is 0 Å². The van der Waals surface area contributed by atoms with Crippen molar-refractivity contribution >= 4 is 0 Å². The molecule has 0 aromatic carbocycles. The van der Waals surface area contributed by atoms with E-state index in [0.717, 1.165) is 0 Å². The van der Waals surface area contributed by atoms with Crippen LogP contribution < -0.4 is 0 Å². The lowest BCUT2D eigenvalue weighted by molar-refractivity contribution is -0.0994. The molecule has 0 unspecified atom stereocenters. The second kappa shape index (κ2) is 3.23. The highest BCUT2D eigenvalue weighted by atomic mass is 16.3. The Labute approximate surface area is 87.9 Å². The van der Waals surface area contributed by atoms with E-state index in [4.69, 9.17) is 0 Å². The lowest BCUT2D eigenvalue weighted by Crippen LogP contribution is -2.48. The molecule has 1 atom stereocenters. The van der Waals surface area contributed by atoms with Crippen molar-refractivity contribution in [2.24, 2.45) is 16.7 Å². The van der Waals surface area contributed by atoms with Crippen molar-refractivity contribution in [1.29, 1.82) is 0 Å². The molecule has 0 saturated heterocycles. The molecule has 0 radical (unpaired) electrons. The summed E-state index contributed by atoms with van der Waals surface area (Å²) in [6, 6.07) is 0. The molecule has 14 heavy (non-hydrogen) atoms. The lowest BCUT2D eigenvalue weighted by Gasteiger charge is -2.55. The van der Waals surface area contributed by atoms with Crippen LogP contribution in [0.25, 0.3) is 0 Å². The summed E-state index contributed by atoms with van der Waals surface area (Å²) >= 11 is 0. The van der Waals surface area contributed by atoms with Crippen molar-refractivity contribution in [2.75, 3.05) is 0 Å². The van der Waals surface area contributed by atoms with Crippen LogP contribution in [0.15, 0.2) is 0 Å². The van der Waals surface area contributed by atoms with Crippen molar-refractivity contribution in [3.63, 3.8) is 0 Å². The van der Waals surface area contributed by atoms with Gasteiger partial charge in [-0.05, 0) is 55.3 Å². The van der Waals surface area contributed by atoms with E-state index in [-0.39, 0.29) is 6.10 Å². The summed E-state index contributed by atoms with van der Waals surface area (Å²) in [5, 5.41) is 10.3. The molecule has 2 bridgehead atoms. The molecule has 0 spiro atoms. The van der Waals surface area contributed by atoms with Gasteiger partial charge in [0.15, 0.2) is 0 Å². The van der Waals surface area contributed by atoms with Gasteiger partial charge < -0.3 is 5.11 Å². The molecule has 3 aliphatic carbocycles. The van der Waals surface area contributed by atoms with E-state index in [1.165, 1.54) is 38.5 Å². The minimum atomic E-state index is -0.0626. The number of aliphatic hydroxyl groups is 1. The van der Waals surface area contributed by atoms with Gasteiger partial charge in [0.1, 0.15) is 0 Å². The van der Waals surface area contributed by atoms with Crippen LogP contribution in [-0.2, 0) is 0 Å². The molecule has 3 rings (SSSR count). The smallest absolute Gasteiger partial charge is 0.0619 e. The fourth-order valence-electron chi connectivity index (χ4n) is 3.55. The van der Waals surface area contributed by atoms with Crippen molar-refractivity contribution in [3.8, 4) is 0 Å². The molecule has 0 aliphatic heterocycles. The summed E-state index contributed by atoms with van der Waals surface area (Å²) in [4.78, 5) is 0. The molecule has 0 aromatic heterocycles. The Kier molecular flexibility index (Phi) is 2.42. The van der Waals surface area contributed by atoms with Crippen LogP contribution in [0.4, 0.5) is 0 Å². The fourth-order valence-corrected chi connectivity index (χ4v) is 3.55. The predicted octanol–water partition coefficient (Wildman–Crippen LogP) is 3.36. The molecule has 0 heterocycles. The van der Waals surface area contributed by atoms with E-state index in [1.807, 2.05) is 0 Å². The zero-order valence-electron chi connectivity index (χ0n) is 9.84. The first-order chi connectivity index (χ1) is 6.48. The average molecular weight is 196 g/mol. The number of fused-ring (bicyclic) bond motifs is 3. The molecule has 1 nitrogen and oxygen atoms in total. The third-order valence-corrected chi connectivity index (χ3v) is 4.94. The molecule has 1 heteroatoms. The Morgan fingerprint density at radius 1 is 0.929 bits per heavy atom. The van der Waals surface area contributed by atoms with Gasteiger partial charge in [0.25, 0.3) is 0 Å². The minimum absolute atomic E-state index is 0.0626. The normalized spacial score (nSPS) is 44.4. The van der Waals surface area contributed by atoms with Crippen LogP contribution in [0, 0.1) is 16.7 Å². The summed E-state index contributed by atoms with van der Waals surface area (Å²) in [5.74, 6) is 0.428. The molecule has 1 N–H and O–H groups in total. The third kappa shape index (κ3) is 1.50. The van der Waals surface area contributed by atoms with Gasteiger partial charge in [0, 0.05) is 0 Å². The standard InChI is InChI=1S/C13H24O/c1-10(2)11(14)13-7-4-12(3,5-8-13)6-9-13/h10-11,14H,4-9H2,1-3H3/t11-,12?,13?/m0/s1. The van der Waals surface area contributed by atoms with Crippen LogP contribution in [0.5, 0.6) is 0 Å². The Bertz CT molecular complexity index is 195. The molecule has 0 amide bonds. The fraction of sp³-hybridized carbons (Fsp3) is 1.00. The van der Waals surface area contributed by atoms with Crippen molar-refractivity contribution in [1.82, 2.24) is 0 Å². The number of aliphatic hydroxyl groups excluding tert-OH is 1. The Hall–Kier alpha value is -0.0400. The second-order valence-electron chi connectivity index (χ2n) is 6.36. The van der Waals surface area contributed by atoms with Gasteiger partial charge in [-0.2, -0.15) is 0 Å². The topological polar surface area (TPSA) is 20.2 Å². The largest absolute Gasteiger partial charge is 0.392 e. The predicted molar refractivity (Wildman–Crippen MR) is 59.1 cm³/mol. The van der Waals surface area contributed by atoms with Crippen LogP contribution in [0.3, 0.4) is 0 Å². The molecular formula is C13H24O. The van der Waals surface area contributed by atoms with Crippen molar-refractivity contribution < 1.29 is 5.11 Å². The van der Waals surface area contributed by atoms with E-state index in [2.05, 4.69) is 20.8 Å². The van der Waals surface area contributed by atoms with Crippen LogP contribution in [0.1, 0.15) is 59.3 Å². The maximum absolute atomic E-state index is 10.3. The molecule has 3 saturated carbocycles. The van der Waals surface area contributed by atoms with Gasteiger partial charge in [-0.3, -0.25) is 0 Å². The Morgan fingerprint density at radius 2 is 1.36 bits per heavy atom. The summed E-state index contributed by atoms with van der Waals surface area (Å²) in [5.41, 5.74) is 0.921. The van der Waals surface area contributed by atoms with Crippen LogP contribution in [-0.4, -0.2) is 11.2 Å². The van der Waals surface area contributed by atoms with E-state index < -0.39 is 0 Å². The van der Waals surface area contributed by atoms with E-state index in [9.17, 15) is 5.11 Å². The minimum Gasteiger partial charge on any atom is -0.392 e. The highest BCUT2D eigenvalue weighted by Gasteiger charge is 2.50. The number of rotatable bonds is 2. The monoisotopic (exact) mass is 196 g/mol. The maximum atomic E-state index is 10.3. The van der Waals surface area contributed by atoms with Crippen LogP contribution >= 0.6 is 0 Å². The van der Waals surface area contributed by atoms with Crippen molar-refractivity contribution in [2.45, 2.75) is 65.4 Å². The summed E-state index contributed by atoms with van der Waals surface area (Å²) < 4.78 is 0. The summed E-state index contributed by atoms with van der Waals surface area (Å²) in [7, 11) is 0. The maximum Gasteiger partial charge on any atom is 0.0619 e. The quantitative estimate of drug-likeness (QED) is 0.718. The number of hydrogen-bond acceptors (Lipinski definition) is 1. The van der Waals surface area contributed by atoms with Gasteiger partial charge >= 0.3 is 0 Å². The van der Waals surface area contributed by atoms with Crippen molar-refractivity contribution in [3.05, 3.63) is 0 Å². The highest BCUT2D eigenvalue weighted by molar-refractivity contribution is 5.01. The molecule has 82 valence electrons. The number of hydrogen-bond donors (Lipinski definition) is 1. The third-order valence-electron chi connectivity index (χ3n) is 4.94. The van der Waals surface area contributed by atoms with E-state index in [1.54, 1.807) is 0 Å². The van der Waals surface area contributed by atoms with E-state index >= 15 is 0 Å². The first kappa shape index (κ1) is 10.5. The first-order valence-corrected chi connectivity index (χ1v) is 6.16. The molecule has 0 aromatic rings. The van der Waals surface area contributed by atoms with Gasteiger partial charge in [0.2, 0.25) is 0 Å². The summed E-state index contributed by atoms with van der Waals surface area (Å²) in [6.45, 7) is 6.74. The molecular weight excluding hydrogens is 172 g/mol. The molecule has 3 fully saturated rings. The zero-order chi connectivity index (χ0) is 10.4. The SMILES string of the molecule is CC(C)[C@H](O)C12CCC(C)(CC1)CC2. The summed E-state index contributed by atoms with van der Waals surface area (Å²) in [6.07, 6.45) is 7.77. The highest BCUT2D eigenvalue weighted by Crippen LogP contribution is 2.58. The molecule has 3 aliphatic rings. The Balaban J connectivity index is 2.12. The zero-order valence-corrected chi connectivity index (χ0v) is 9.84. The van der Waals surface area contributed by atoms with Gasteiger partial charge in [0.05, 0.1) is 6.10 Å². The lowest BCUT2D eigenvalue weighted by atomic mass is 9.52. The van der Waals surface area contributed by atoms with Gasteiger partial charge in [-0.25, -0.2) is 0 Å². The first-order valence-electron chi connectivity index (χ1n) is 6.16.